The Morgan fingerprint density at radius 2 is 2.10 bits per heavy atom. The number of aryl methyl sites for hydroxylation is 1. The zero-order valence-electron chi connectivity index (χ0n) is 10.9. The van der Waals surface area contributed by atoms with Crippen molar-refractivity contribution in [2.75, 3.05) is 0 Å². The van der Waals surface area contributed by atoms with Gasteiger partial charge in [-0.05, 0) is 31.0 Å². The second-order valence-corrected chi connectivity index (χ2v) is 5.41. The summed E-state index contributed by atoms with van der Waals surface area (Å²) in [6.07, 6.45) is 4.13. The third-order valence-electron chi connectivity index (χ3n) is 3.28. The van der Waals surface area contributed by atoms with Crippen LogP contribution in [0, 0.1) is 0 Å². The molecule has 1 aromatic carbocycles. The molecular weight excluding hydrogens is 313 g/mol. The number of hydrogen-bond acceptors (Lipinski definition) is 4. The molecule has 0 N–H and O–H groups in total. The molecule has 0 spiro atoms. The fourth-order valence-electron chi connectivity index (χ4n) is 2.24. The summed E-state index contributed by atoms with van der Waals surface area (Å²) in [5, 5.41) is 4.41. The number of fused-ring (bicyclic) bond motifs is 1. The highest BCUT2D eigenvalue weighted by Gasteiger charge is 2.20. The van der Waals surface area contributed by atoms with Crippen molar-refractivity contribution >= 4 is 34.9 Å². The summed E-state index contributed by atoms with van der Waals surface area (Å²) in [5.74, 6) is 0.238. The molecule has 3 rings (SSSR count). The number of oxime groups is 1. The van der Waals surface area contributed by atoms with Crippen LogP contribution in [-0.4, -0.2) is 11.7 Å². The molecule has 21 heavy (non-hydrogen) atoms. The monoisotopic (exact) mass is 323 g/mol. The molecule has 0 aliphatic heterocycles. The predicted molar refractivity (Wildman–Crippen MR) is 80.1 cm³/mol. The summed E-state index contributed by atoms with van der Waals surface area (Å²) < 4.78 is 5.35. The van der Waals surface area contributed by atoms with Crippen LogP contribution in [0.5, 0.6) is 0 Å². The van der Waals surface area contributed by atoms with Crippen LogP contribution in [0.15, 0.2) is 40.1 Å². The second-order valence-electron chi connectivity index (χ2n) is 4.63. The van der Waals surface area contributed by atoms with Gasteiger partial charge < -0.3 is 9.25 Å². The standard InChI is InChI=1S/C15H11Cl2NO3/c16-11-4-1-3-10(14(11)17)15(19)21-18-12-5-2-6-13-9(12)7-8-20-13/h1,3-4,7-8H,2,5-6H2. The molecule has 0 radical (unpaired) electrons. The zero-order valence-corrected chi connectivity index (χ0v) is 12.4. The molecule has 6 heteroatoms. The van der Waals surface area contributed by atoms with Crippen LogP contribution in [0.25, 0.3) is 0 Å². The van der Waals surface area contributed by atoms with Crippen molar-refractivity contribution in [1.82, 2.24) is 0 Å². The lowest BCUT2D eigenvalue weighted by molar-refractivity contribution is 0.0515. The van der Waals surface area contributed by atoms with E-state index < -0.39 is 5.97 Å². The van der Waals surface area contributed by atoms with Gasteiger partial charge in [-0.3, -0.25) is 0 Å². The normalized spacial score (nSPS) is 15.8. The maximum absolute atomic E-state index is 12.0. The van der Waals surface area contributed by atoms with Crippen molar-refractivity contribution < 1.29 is 14.0 Å². The predicted octanol–water partition coefficient (Wildman–Crippen LogP) is 4.48. The van der Waals surface area contributed by atoms with Gasteiger partial charge in [0, 0.05) is 12.0 Å². The molecule has 1 aliphatic rings. The number of carbonyl (C=O) groups excluding carboxylic acids is 1. The highest BCUT2D eigenvalue weighted by Crippen LogP contribution is 2.27. The molecule has 0 atom stereocenters. The molecule has 0 saturated heterocycles. The van der Waals surface area contributed by atoms with Crippen LogP contribution in [0.2, 0.25) is 10.0 Å². The maximum atomic E-state index is 12.0. The first-order valence-corrected chi connectivity index (χ1v) is 7.21. The number of carbonyl (C=O) groups is 1. The molecule has 1 aromatic heterocycles. The maximum Gasteiger partial charge on any atom is 0.367 e. The van der Waals surface area contributed by atoms with E-state index in [0.717, 1.165) is 30.6 Å². The molecule has 0 fully saturated rings. The third-order valence-corrected chi connectivity index (χ3v) is 4.10. The Bertz CT molecular complexity index is 721. The molecule has 108 valence electrons. The van der Waals surface area contributed by atoms with Gasteiger partial charge >= 0.3 is 5.97 Å². The number of halogens is 2. The summed E-state index contributed by atoms with van der Waals surface area (Å²) in [5.41, 5.74) is 1.79. The van der Waals surface area contributed by atoms with Crippen molar-refractivity contribution in [2.45, 2.75) is 19.3 Å². The van der Waals surface area contributed by atoms with Crippen molar-refractivity contribution in [3.8, 4) is 0 Å². The minimum absolute atomic E-state index is 0.164. The first-order valence-electron chi connectivity index (χ1n) is 6.46. The number of benzene rings is 1. The van der Waals surface area contributed by atoms with Gasteiger partial charge in [-0.25, -0.2) is 4.79 Å². The van der Waals surface area contributed by atoms with E-state index in [0.29, 0.717) is 10.7 Å². The van der Waals surface area contributed by atoms with Crippen LogP contribution < -0.4 is 0 Å². The Morgan fingerprint density at radius 1 is 1.24 bits per heavy atom. The fourth-order valence-corrected chi connectivity index (χ4v) is 2.62. The molecule has 1 heterocycles. The van der Waals surface area contributed by atoms with Crippen molar-refractivity contribution in [2.24, 2.45) is 5.16 Å². The SMILES string of the molecule is O=C(ON=C1CCCc2occc21)c1cccc(Cl)c1Cl. The van der Waals surface area contributed by atoms with Crippen LogP contribution in [-0.2, 0) is 11.3 Å². The van der Waals surface area contributed by atoms with Gasteiger partial charge in [0.05, 0.1) is 27.6 Å². The molecule has 1 aliphatic carbocycles. The van der Waals surface area contributed by atoms with Crippen LogP contribution in [0.1, 0.15) is 34.5 Å². The number of furan rings is 1. The van der Waals surface area contributed by atoms with Gasteiger partial charge in [-0.2, -0.15) is 0 Å². The molecule has 0 saturated carbocycles. The first kappa shape index (κ1) is 14.2. The Balaban J connectivity index is 1.81. The van der Waals surface area contributed by atoms with Crippen LogP contribution in [0.3, 0.4) is 0 Å². The van der Waals surface area contributed by atoms with E-state index >= 15 is 0 Å². The zero-order chi connectivity index (χ0) is 14.8. The quantitative estimate of drug-likeness (QED) is 0.604. The van der Waals surface area contributed by atoms with E-state index in [1.165, 1.54) is 0 Å². The molecule has 2 aromatic rings. The second kappa shape index (κ2) is 5.92. The van der Waals surface area contributed by atoms with Crippen LogP contribution >= 0.6 is 23.2 Å². The van der Waals surface area contributed by atoms with E-state index in [-0.39, 0.29) is 10.6 Å². The average molecular weight is 324 g/mol. The Hall–Kier alpha value is -1.78. The molecule has 0 unspecified atom stereocenters. The summed E-state index contributed by atoms with van der Waals surface area (Å²) >= 11 is 11.8. The number of nitrogens with zero attached hydrogens (tertiary/aromatic N) is 1. The Morgan fingerprint density at radius 3 is 2.95 bits per heavy atom. The first-order chi connectivity index (χ1) is 10.2. The smallest absolute Gasteiger partial charge is 0.367 e. The summed E-state index contributed by atoms with van der Waals surface area (Å²) in [6.45, 7) is 0. The van der Waals surface area contributed by atoms with E-state index in [1.54, 1.807) is 24.5 Å². The van der Waals surface area contributed by atoms with Gasteiger partial charge in [0.1, 0.15) is 5.76 Å². The largest absolute Gasteiger partial charge is 0.469 e. The minimum atomic E-state index is -0.634. The Labute approximate surface area is 131 Å². The van der Waals surface area contributed by atoms with E-state index in [1.807, 2.05) is 6.07 Å². The fraction of sp³-hybridized carbons (Fsp3) is 0.200. The van der Waals surface area contributed by atoms with Crippen molar-refractivity contribution in [1.29, 1.82) is 0 Å². The van der Waals surface area contributed by atoms with E-state index in [4.69, 9.17) is 32.5 Å². The van der Waals surface area contributed by atoms with Gasteiger partial charge in [0.15, 0.2) is 0 Å². The Kier molecular flexibility index (Phi) is 3.99. The van der Waals surface area contributed by atoms with Crippen LogP contribution in [0.4, 0.5) is 0 Å². The molecule has 0 amide bonds. The highest BCUT2D eigenvalue weighted by atomic mass is 35.5. The highest BCUT2D eigenvalue weighted by molar-refractivity contribution is 6.43. The molecular formula is C15H11Cl2NO3. The van der Waals surface area contributed by atoms with Gasteiger partial charge in [-0.15, -0.1) is 0 Å². The lowest BCUT2D eigenvalue weighted by atomic mass is 9.97. The van der Waals surface area contributed by atoms with Gasteiger partial charge in [-0.1, -0.05) is 34.4 Å². The van der Waals surface area contributed by atoms with E-state index in [2.05, 4.69) is 5.16 Å². The summed E-state index contributed by atoms with van der Waals surface area (Å²) in [4.78, 5) is 17.0. The van der Waals surface area contributed by atoms with E-state index in [9.17, 15) is 4.79 Å². The van der Waals surface area contributed by atoms with Gasteiger partial charge in [0.2, 0.25) is 0 Å². The summed E-state index contributed by atoms with van der Waals surface area (Å²) in [6, 6.07) is 6.60. The lowest BCUT2D eigenvalue weighted by Crippen LogP contribution is -2.12. The molecule has 4 nitrogen and oxygen atoms in total. The summed E-state index contributed by atoms with van der Waals surface area (Å²) in [7, 11) is 0. The molecule has 0 bridgehead atoms. The van der Waals surface area contributed by atoms with Crippen molar-refractivity contribution in [3.05, 3.63) is 57.5 Å². The minimum Gasteiger partial charge on any atom is -0.469 e. The lowest BCUT2D eigenvalue weighted by Gasteiger charge is -2.11. The topological polar surface area (TPSA) is 51.8 Å². The third kappa shape index (κ3) is 2.82. The number of hydrogen-bond donors (Lipinski definition) is 0. The van der Waals surface area contributed by atoms with Gasteiger partial charge in [0.25, 0.3) is 0 Å². The average Bonchev–Trinajstić information content (AvgIpc) is 2.96. The number of rotatable bonds is 2. The van der Waals surface area contributed by atoms with Crippen molar-refractivity contribution in [3.63, 3.8) is 0 Å².